The molecule has 1 saturated heterocycles. The smallest absolute Gasteiger partial charge is 0.267 e. The molecule has 1 fully saturated rings. The van der Waals surface area contributed by atoms with Crippen molar-refractivity contribution in [3.8, 4) is 0 Å². The summed E-state index contributed by atoms with van der Waals surface area (Å²) in [5, 5.41) is 9.12. The second kappa shape index (κ2) is 6.74. The number of rotatable bonds is 3. The highest BCUT2D eigenvalue weighted by molar-refractivity contribution is 5.88. The van der Waals surface area contributed by atoms with E-state index in [0.717, 1.165) is 53.7 Å². The molecule has 138 valence electrons. The van der Waals surface area contributed by atoms with E-state index in [2.05, 4.69) is 15.3 Å². The van der Waals surface area contributed by atoms with Gasteiger partial charge in [-0.2, -0.15) is 5.10 Å². The van der Waals surface area contributed by atoms with Crippen molar-refractivity contribution in [3.63, 3.8) is 0 Å². The van der Waals surface area contributed by atoms with Gasteiger partial charge >= 0.3 is 0 Å². The van der Waals surface area contributed by atoms with Crippen molar-refractivity contribution in [2.45, 2.75) is 37.8 Å². The first-order valence-electron chi connectivity index (χ1n) is 9.45. The summed E-state index contributed by atoms with van der Waals surface area (Å²) >= 11 is 0. The molecule has 1 aliphatic carbocycles. The average Bonchev–Trinajstić information content (AvgIpc) is 3.15. The molecular formula is C20H21N5O2. The molecule has 3 heterocycles. The molecule has 1 aliphatic heterocycles. The van der Waals surface area contributed by atoms with Crippen LogP contribution in [0.4, 0.5) is 5.82 Å². The number of para-hydroxylation sites is 1. The summed E-state index contributed by atoms with van der Waals surface area (Å²) in [7, 11) is 0. The van der Waals surface area contributed by atoms with Crippen molar-refractivity contribution in [2.24, 2.45) is 0 Å². The van der Waals surface area contributed by atoms with Gasteiger partial charge in [0.2, 0.25) is 0 Å². The number of nitrogens with zero attached hydrogens (tertiary/aromatic N) is 4. The summed E-state index contributed by atoms with van der Waals surface area (Å²) in [6, 6.07) is 9.41. The Hall–Kier alpha value is -2.80. The molecule has 2 aromatic heterocycles. The van der Waals surface area contributed by atoms with Gasteiger partial charge in [0.25, 0.3) is 5.56 Å². The van der Waals surface area contributed by atoms with Crippen LogP contribution in [0.2, 0.25) is 0 Å². The SMILES string of the molecule is O=c1cc2c(nn1C1COCC1Nc1ncnc3ccccc13)CCCC2. The van der Waals surface area contributed by atoms with Gasteiger partial charge in [-0.05, 0) is 43.4 Å². The van der Waals surface area contributed by atoms with E-state index in [1.54, 1.807) is 17.1 Å². The van der Waals surface area contributed by atoms with Gasteiger partial charge in [0.15, 0.2) is 0 Å². The van der Waals surface area contributed by atoms with Crippen LogP contribution in [0.5, 0.6) is 0 Å². The first-order valence-corrected chi connectivity index (χ1v) is 9.45. The number of hydrogen-bond acceptors (Lipinski definition) is 6. The largest absolute Gasteiger partial charge is 0.377 e. The van der Waals surface area contributed by atoms with Crippen LogP contribution in [0, 0.1) is 0 Å². The lowest BCUT2D eigenvalue weighted by Gasteiger charge is -2.23. The van der Waals surface area contributed by atoms with E-state index in [0.29, 0.717) is 13.2 Å². The summed E-state index contributed by atoms with van der Waals surface area (Å²) in [4.78, 5) is 21.4. The Balaban J connectivity index is 1.48. The third-order valence-corrected chi connectivity index (χ3v) is 5.46. The third-order valence-electron chi connectivity index (χ3n) is 5.46. The van der Waals surface area contributed by atoms with E-state index in [-0.39, 0.29) is 17.6 Å². The normalized spacial score (nSPS) is 21.9. The standard InChI is InChI=1S/C20H21N5O2/c26-19-9-13-5-1-3-7-15(13)24-25(19)18-11-27-10-17(18)23-20-14-6-2-4-8-16(14)21-12-22-20/h2,4,6,8-9,12,17-18H,1,3,5,7,10-11H2,(H,21,22,23). The van der Waals surface area contributed by atoms with Crippen LogP contribution in [0.1, 0.15) is 30.1 Å². The maximum absolute atomic E-state index is 12.7. The highest BCUT2D eigenvalue weighted by Crippen LogP contribution is 2.26. The predicted octanol–water partition coefficient (Wildman–Crippen LogP) is 2.12. The Morgan fingerprint density at radius 1 is 1.11 bits per heavy atom. The molecule has 27 heavy (non-hydrogen) atoms. The summed E-state index contributed by atoms with van der Waals surface area (Å²) in [5.41, 5.74) is 2.99. The first-order chi connectivity index (χ1) is 13.3. The Labute approximate surface area is 156 Å². The first kappa shape index (κ1) is 16.4. The molecule has 5 rings (SSSR count). The maximum atomic E-state index is 12.7. The molecule has 2 atom stereocenters. The minimum atomic E-state index is -0.154. The zero-order valence-corrected chi connectivity index (χ0v) is 15.0. The highest BCUT2D eigenvalue weighted by atomic mass is 16.5. The molecule has 3 aromatic rings. The molecule has 0 saturated carbocycles. The van der Waals surface area contributed by atoms with Crippen molar-refractivity contribution in [1.82, 2.24) is 19.7 Å². The van der Waals surface area contributed by atoms with Crippen LogP contribution in [0.15, 0.2) is 41.5 Å². The molecule has 7 heteroatoms. The van der Waals surface area contributed by atoms with Crippen LogP contribution in [-0.2, 0) is 17.6 Å². The van der Waals surface area contributed by atoms with Crippen LogP contribution in [0.25, 0.3) is 10.9 Å². The topological polar surface area (TPSA) is 81.9 Å². The second-order valence-electron chi connectivity index (χ2n) is 7.20. The van der Waals surface area contributed by atoms with Gasteiger partial charge < -0.3 is 10.1 Å². The number of fused-ring (bicyclic) bond motifs is 2. The van der Waals surface area contributed by atoms with E-state index < -0.39 is 0 Å². The van der Waals surface area contributed by atoms with Crippen molar-refractivity contribution >= 4 is 16.7 Å². The van der Waals surface area contributed by atoms with Crippen LogP contribution < -0.4 is 10.9 Å². The van der Waals surface area contributed by atoms with Gasteiger partial charge in [0.1, 0.15) is 18.2 Å². The van der Waals surface area contributed by atoms with Crippen molar-refractivity contribution < 1.29 is 4.74 Å². The van der Waals surface area contributed by atoms with E-state index in [9.17, 15) is 4.79 Å². The lowest BCUT2D eigenvalue weighted by atomic mass is 9.97. The molecule has 0 radical (unpaired) electrons. The number of aryl methyl sites for hydroxylation is 2. The van der Waals surface area contributed by atoms with Gasteiger partial charge in [-0.25, -0.2) is 14.6 Å². The fourth-order valence-electron chi connectivity index (χ4n) is 4.03. The summed E-state index contributed by atoms with van der Waals surface area (Å²) in [6.45, 7) is 0.973. The van der Waals surface area contributed by atoms with Crippen molar-refractivity contribution in [2.75, 3.05) is 18.5 Å². The zero-order chi connectivity index (χ0) is 18.2. The number of hydrogen-bond donors (Lipinski definition) is 1. The fourth-order valence-corrected chi connectivity index (χ4v) is 4.03. The summed E-state index contributed by atoms with van der Waals surface area (Å²) in [6.07, 6.45) is 5.72. The van der Waals surface area contributed by atoms with Gasteiger partial charge in [-0.15, -0.1) is 0 Å². The molecule has 1 aromatic carbocycles. The average molecular weight is 363 g/mol. The monoisotopic (exact) mass is 363 g/mol. The van der Waals surface area contributed by atoms with Crippen molar-refractivity contribution in [3.05, 3.63) is 58.3 Å². The lowest BCUT2D eigenvalue weighted by molar-refractivity contribution is 0.182. The minimum absolute atomic E-state index is 0.0505. The maximum Gasteiger partial charge on any atom is 0.267 e. The highest BCUT2D eigenvalue weighted by Gasteiger charge is 2.32. The number of aromatic nitrogens is 4. The quantitative estimate of drug-likeness (QED) is 0.768. The second-order valence-corrected chi connectivity index (χ2v) is 7.20. The van der Waals surface area contributed by atoms with Crippen LogP contribution >= 0.6 is 0 Å². The third kappa shape index (κ3) is 2.98. The van der Waals surface area contributed by atoms with Gasteiger partial charge in [0.05, 0.1) is 30.5 Å². The van der Waals surface area contributed by atoms with E-state index in [4.69, 9.17) is 9.84 Å². The molecule has 2 unspecified atom stereocenters. The number of anilines is 1. The van der Waals surface area contributed by atoms with Gasteiger partial charge in [-0.3, -0.25) is 4.79 Å². The lowest BCUT2D eigenvalue weighted by Crippen LogP contribution is -2.38. The number of ether oxygens (including phenoxy) is 1. The molecule has 0 spiro atoms. The van der Waals surface area contributed by atoms with Crippen LogP contribution in [0.3, 0.4) is 0 Å². The Morgan fingerprint density at radius 2 is 2.00 bits per heavy atom. The Bertz CT molecular complexity index is 1040. The molecule has 2 aliphatic rings. The number of nitrogens with one attached hydrogen (secondary N) is 1. The minimum Gasteiger partial charge on any atom is -0.377 e. The summed E-state index contributed by atoms with van der Waals surface area (Å²) in [5.74, 6) is 0.757. The van der Waals surface area contributed by atoms with E-state index >= 15 is 0 Å². The Kier molecular flexibility index (Phi) is 4.09. The van der Waals surface area contributed by atoms with E-state index in [1.807, 2.05) is 24.3 Å². The zero-order valence-electron chi connectivity index (χ0n) is 15.0. The van der Waals surface area contributed by atoms with E-state index in [1.165, 1.54) is 0 Å². The molecule has 0 bridgehead atoms. The molecule has 1 N–H and O–H groups in total. The summed E-state index contributed by atoms with van der Waals surface area (Å²) < 4.78 is 7.31. The Morgan fingerprint density at radius 3 is 2.96 bits per heavy atom. The van der Waals surface area contributed by atoms with Gasteiger partial charge in [-0.1, -0.05) is 12.1 Å². The van der Waals surface area contributed by atoms with Crippen molar-refractivity contribution in [1.29, 1.82) is 0 Å². The van der Waals surface area contributed by atoms with Crippen LogP contribution in [-0.4, -0.2) is 39.0 Å². The predicted molar refractivity (Wildman–Crippen MR) is 102 cm³/mol. The fraction of sp³-hybridized carbons (Fsp3) is 0.400. The number of benzene rings is 1. The molecule has 0 amide bonds. The molecular weight excluding hydrogens is 342 g/mol. The van der Waals surface area contributed by atoms with Gasteiger partial charge in [0, 0.05) is 11.5 Å². The molecule has 7 nitrogen and oxygen atoms in total.